The summed E-state index contributed by atoms with van der Waals surface area (Å²) in [6, 6.07) is 7.50. The Morgan fingerprint density at radius 2 is 2.16 bits per heavy atom. The average Bonchev–Trinajstić information content (AvgIpc) is 2.95. The summed E-state index contributed by atoms with van der Waals surface area (Å²) in [5.41, 5.74) is 5.47. The van der Waals surface area contributed by atoms with Crippen molar-refractivity contribution in [2.75, 3.05) is 11.1 Å². The van der Waals surface area contributed by atoms with Crippen molar-refractivity contribution in [1.82, 2.24) is 10.3 Å². The molecule has 0 unspecified atom stereocenters. The van der Waals surface area contributed by atoms with E-state index in [4.69, 9.17) is 17.3 Å². The predicted octanol–water partition coefficient (Wildman–Crippen LogP) is 2.77. The van der Waals surface area contributed by atoms with Gasteiger partial charge in [-0.1, -0.05) is 29.8 Å². The van der Waals surface area contributed by atoms with Crippen LogP contribution in [0.5, 0.6) is 0 Å². The number of aromatic nitrogens is 2. The van der Waals surface area contributed by atoms with Gasteiger partial charge in [0.05, 0.1) is 5.02 Å². The summed E-state index contributed by atoms with van der Waals surface area (Å²) >= 11 is 7.49. The zero-order chi connectivity index (χ0) is 13.4. The molecule has 0 spiro atoms. The number of nitrogen functional groups attached to an aromatic ring is 1. The Hall–Kier alpha value is -2.12. The molecule has 0 fully saturated rings. The lowest BCUT2D eigenvalue weighted by molar-refractivity contribution is 0.103. The van der Waals surface area contributed by atoms with Gasteiger partial charge < -0.3 is 5.73 Å². The van der Waals surface area contributed by atoms with E-state index in [0.29, 0.717) is 9.90 Å². The molecular formula is C11H7ClN4O2S. The third-order valence-electron chi connectivity index (χ3n) is 2.49. The van der Waals surface area contributed by atoms with Crippen molar-refractivity contribution in [3.05, 3.63) is 34.2 Å². The molecule has 96 valence electrons. The average molecular weight is 295 g/mol. The van der Waals surface area contributed by atoms with E-state index in [0.717, 1.165) is 10.1 Å². The number of benzene rings is 1. The van der Waals surface area contributed by atoms with Gasteiger partial charge in [-0.15, -0.1) is 11.3 Å². The number of anilines is 2. The van der Waals surface area contributed by atoms with E-state index in [2.05, 4.69) is 20.3 Å². The molecule has 0 saturated heterocycles. The van der Waals surface area contributed by atoms with Crippen LogP contribution in [0.2, 0.25) is 5.02 Å². The van der Waals surface area contributed by atoms with Crippen LogP contribution in [0.4, 0.5) is 11.6 Å². The highest BCUT2D eigenvalue weighted by molar-refractivity contribution is 7.21. The van der Waals surface area contributed by atoms with E-state index in [1.165, 1.54) is 11.3 Å². The van der Waals surface area contributed by atoms with Gasteiger partial charge in [0, 0.05) is 10.1 Å². The van der Waals surface area contributed by atoms with E-state index in [9.17, 15) is 4.79 Å². The van der Waals surface area contributed by atoms with Gasteiger partial charge in [-0.05, 0) is 16.4 Å². The zero-order valence-corrected chi connectivity index (χ0v) is 11.0. The molecule has 0 atom stereocenters. The van der Waals surface area contributed by atoms with Crippen molar-refractivity contribution in [3.63, 3.8) is 0 Å². The Balaban J connectivity index is 1.98. The quantitative estimate of drug-likeness (QED) is 0.758. The second-order valence-electron chi connectivity index (χ2n) is 3.69. The first-order valence-electron chi connectivity index (χ1n) is 5.23. The van der Waals surface area contributed by atoms with Crippen LogP contribution in [0, 0.1) is 0 Å². The number of fused-ring (bicyclic) bond motifs is 1. The fourth-order valence-electron chi connectivity index (χ4n) is 1.61. The van der Waals surface area contributed by atoms with Gasteiger partial charge in [0.2, 0.25) is 11.6 Å². The Labute approximate surface area is 116 Å². The van der Waals surface area contributed by atoms with Gasteiger partial charge >= 0.3 is 0 Å². The van der Waals surface area contributed by atoms with E-state index in [1.807, 2.05) is 24.3 Å². The number of rotatable bonds is 2. The molecule has 1 amide bonds. The molecule has 0 bridgehead atoms. The minimum absolute atomic E-state index is 0.0191. The SMILES string of the molecule is Nc1nonc1NC(=O)c1sc2ccccc2c1Cl. The molecule has 19 heavy (non-hydrogen) atoms. The fraction of sp³-hybridized carbons (Fsp3) is 0. The molecule has 0 aliphatic rings. The van der Waals surface area contributed by atoms with Crippen LogP contribution in [-0.2, 0) is 0 Å². The number of hydrogen-bond donors (Lipinski definition) is 2. The zero-order valence-electron chi connectivity index (χ0n) is 9.38. The van der Waals surface area contributed by atoms with Crippen LogP contribution in [-0.4, -0.2) is 16.2 Å². The minimum atomic E-state index is -0.395. The van der Waals surface area contributed by atoms with Gasteiger partial charge in [0.1, 0.15) is 4.88 Å². The smallest absolute Gasteiger partial charge is 0.268 e. The minimum Gasteiger partial charge on any atom is -0.378 e. The summed E-state index contributed by atoms with van der Waals surface area (Å²) in [6.45, 7) is 0. The molecule has 8 heteroatoms. The normalized spacial score (nSPS) is 10.8. The van der Waals surface area contributed by atoms with Gasteiger partial charge in [0.15, 0.2) is 0 Å². The second-order valence-corrected chi connectivity index (χ2v) is 5.12. The topological polar surface area (TPSA) is 94.0 Å². The molecular weight excluding hydrogens is 288 g/mol. The third-order valence-corrected chi connectivity index (χ3v) is 4.16. The van der Waals surface area contributed by atoms with Gasteiger partial charge in [-0.2, -0.15) is 0 Å². The first-order chi connectivity index (χ1) is 9.16. The number of thiophene rings is 1. The highest BCUT2D eigenvalue weighted by Gasteiger charge is 2.19. The van der Waals surface area contributed by atoms with Crippen LogP contribution in [0.25, 0.3) is 10.1 Å². The molecule has 3 aromatic rings. The van der Waals surface area contributed by atoms with Crippen LogP contribution in [0.3, 0.4) is 0 Å². The Morgan fingerprint density at radius 3 is 2.84 bits per heavy atom. The number of nitrogens with one attached hydrogen (secondary N) is 1. The summed E-state index contributed by atoms with van der Waals surface area (Å²) in [4.78, 5) is 12.5. The van der Waals surface area contributed by atoms with Crippen LogP contribution in [0.15, 0.2) is 28.9 Å². The Morgan fingerprint density at radius 1 is 1.37 bits per heavy atom. The van der Waals surface area contributed by atoms with Crippen molar-refractivity contribution in [2.24, 2.45) is 0 Å². The largest absolute Gasteiger partial charge is 0.378 e. The maximum atomic E-state index is 12.1. The highest BCUT2D eigenvalue weighted by Crippen LogP contribution is 2.35. The second kappa shape index (κ2) is 4.52. The molecule has 6 nitrogen and oxygen atoms in total. The van der Waals surface area contributed by atoms with E-state index in [-0.39, 0.29) is 11.6 Å². The van der Waals surface area contributed by atoms with Gasteiger partial charge in [-0.3, -0.25) is 10.1 Å². The highest BCUT2D eigenvalue weighted by atomic mass is 35.5. The van der Waals surface area contributed by atoms with E-state index >= 15 is 0 Å². The maximum absolute atomic E-state index is 12.1. The van der Waals surface area contributed by atoms with Crippen molar-refractivity contribution in [3.8, 4) is 0 Å². The summed E-state index contributed by atoms with van der Waals surface area (Å²) in [6.07, 6.45) is 0. The molecule has 2 aromatic heterocycles. The summed E-state index contributed by atoms with van der Waals surface area (Å²) in [5, 5.41) is 10.6. The maximum Gasteiger partial charge on any atom is 0.268 e. The monoisotopic (exact) mass is 294 g/mol. The van der Waals surface area contributed by atoms with Crippen molar-refractivity contribution in [1.29, 1.82) is 0 Å². The van der Waals surface area contributed by atoms with Crippen molar-refractivity contribution < 1.29 is 9.42 Å². The fourth-order valence-corrected chi connectivity index (χ4v) is 3.02. The lowest BCUT2D eigenvalue weighted by Gasteiger charge is -1.98. The standard InChI is InChI=1S/C11H7ClN4O2S/c12-7-5-3-1-2-4-6(5)19-8(7)11(17)14-10-9(13)15-18-16-10/h1-4H,(H2,13,15)(H,14,16,17). The lowest BCUT2D eigenvalue weighted by Crippen LogP contribution is -2.12. The number of nitrogens with two attached hydrogens (primary N) is 1. The third kappa shape index (κ3) is 2.02. The summed E-state index contributed by atoms with van der Waals surface area (Å²) in [5.74, 6) is -0.294. The number of carbonyl (C=O) groups is 1. The molecule has 3 N–H and O–H groups in total. The molecule has 2 heterocycles. The lowest BCUT2D eigenvalue weighted by atomic mass is 10.2. The molecule has 0 aliphatic carbocycles. The van der Waals surface area contributed by atoms with Crippen LogP contribution < -0.4 is 11.1 Å². The Kier molecular flexibility index (Phi) is 2.84. The summed E-state index contributed by atoms with van der Waals surface area (Å²) in [7, 11) is 0. The number of hydrogen-bond acceptors (Lipinski definition) is 6. The van der Waals surface area contributed by atoms with Gasteiger partial charge in [0.25, 0.3) is 5.91 Å². The molecule has 1 aromatic carbocycles. The predicted molar refractivity (Wildman–Crippen MR) is 73.5 cm³/mol. The van der Waals surface area contributed by atoms with Crippen molar-refractivity contribution in [2.45, 2.75) is 0 Å². The first-order valence-corrected chi connectivity index (χ1v) is 6.42. The number of carbonyl (C=O) groups excluding carboxylic acids is 1. The number of amides is 1. The number of nitrogens with zero attached hydrogens (tertiary/aromatic N) is 2. The van der Waals surface area contributed by atoms with E-state index in [1.54, 1.807) is 0 Å². The van der Waals surface area contributed by atoms with Gasteiger partial charge in [-0.25, -0.2) is 4.63 Å². The molecule has 3 rings (SSSR count). The van der Waals surface area contributed by atoms with Crippen LogP contribution >= 0.6 is 22.9 Å². The van der Waals surface area contributed by atoms with Crippen LogP contribution in [0.1, 0.15) is 9.67 Å². The molecule has 0 saturated carbocycles. The Bertz CT molecular complexity index is 767. The number of halogens is 1. The summed E-state index contributed by atoms with van der Waals surface area (Å²) < 4.78 is 5.34. The first kappa shape index (κ1) is 11.9. The van der Waals surface area contributed by atoms with Crippen molar-refractivity contribution >= 4 is 50.6 Å². The molecule has 0 radical (unpaired) electrons. The van der Waals surface area contributed by atoms with E-state index < -0.39 is 5.91 Å². The molecule has 0 aliphatic heterocycles.